The van der Waals surface area contributed by atoms with Crippen molar-refractivity contribution in [3.8, 4) is 0 Å². The third kappa shape index (κ3) is 2.67. The zero-order chi connectivity index (χ0) is 14.9. The molecule has 1 aromatic carbocycles. The SMILES string of the molecule is CCn1ncc(N)c1C(=O)Nc1cc(Br)c(F)cc1C. The van der Waals surface area contributed by atoms with Gasteiger partial charge in [0.05, 0.1) is 16.4 Å². The van der Waals surface area contributed by atoms with E-state index in [0.29, 0.717) is 29.2 Å². The maximum absolute atomic E-state index is 13.4. The second kappa shape index (κ2) is 5.62. The summed E-state index contributed by atoms with van der Waals surface area (Å²) in [5, 5.41) is 6.73. The van der Waals surface area contributed by atoms with Gasteiger partial charge in [-0.2, -0.15) is 5.10 Å². The summed E-state index contributed by atoms with van der Waals surface area (Å²) in [4.78, 5) is 12.3. The highest BCUT2D eigenvalue weighted by atomic mass is 79.9. The van der Waals surface area contributed by atoms with Gasteiger partial charge in [-0.05, 0) is 47.5 Å². The number of hydrogen-bond acceptors (Lipinski definition) is 3. The number of carbonyl (C=O) groups is 1. The fraction of sp³-hybridized carbons (Fsp3) is 0.231. The van der Waals surface area contributed by atoms with E-state index in [4.69, 9.17) is 5.73 Å². The van der Waals surface area contributed by atoms with Crippen molar-refractivity contribution in [2.45, 2.75) is 20.4 Å². The van der Waals surface area contributed by atoms with Gasteiger partial charge < -0.3 is 11.1 Å². The maximum Gasteiger partial charge on any atom is 0.276 e. The van der Waals surface area contributed by atoms with Crippen LogP contribution in [0.25, 0.3) is 0 Å². The van der Waals surface area contributed by atoms with Crippen LogP contribution in [0.1, 0.15) is 23.0 Å². The number of hydrogen-bond donors (Lipinski definition) is 2. The molecule has 106 valence electrons. The van der Waals surface area contributed by atoms with Crippen molar-refractivity contribution < 1.29 is 9.18 Å². The van der Waals surface area contributed by atoms with E-state index in [1.807, 2.05) is 6.92 Å². The van der Waals surface area contributed by atoms with Crippen LogP contribution in [0.3, 0.4) is 0 Å². The third-order valence-electron chi connectivity index (χ3n) is 2.90. The Balaban J connectivity index is 2.33. The molecule has 7 heteroatoms. The number of aromatic nitrogens is 2. The average Bonchev–Trinajstić information content (AvgIpc) is 2.77. The summed E-state index contributed by atoms with van der Waals surface area (Å²) in [5.41, 5.74) is 7.50. The summed E-state index contributed by atoms with van der Waals surface area (Å²) in [6.45, 7) is 4.11. The molecule has 0 aliphatic heterocycles. The van der Waals surface area contributed by atoms with Crippen molar-refractivity contribution in [3.05, 3.63) is 39.9 Å². The molecular weight excluding hydrogens is 327 g/mol. The highest BCUT2D eigenvalue weighted by molar-refractivity contribution is 9.10. The van der Waals surface area contributed by atoms with Crippen LogP contribution in [0, 0.1) is 12.7 Å². The maximum atomic E-state index is 13.4. The highest BCUT2D eigenvalue weighted by Gasteiger charge is 2.17. The number of nitrogens with one attached hydrogen (secondary N) is 1. The number of nitrogens with zero attached hydrogens (tertiary/aromatic N) is 2. The second-order valence-electron chi connectivity index (χ2n) is 4.30. The number of nitrogen functional groups attached to an aromatic ring is 1. The van der Waals surface area contributed by atoms with Gasteiger partial charge in [0.25, 0.3) is 5.91 Å². The van der Waals surface area contributed by atoms with Gasteiger partial charge in [0.1, 0.15) is 11.5 Å². The van der Waals surface area contributed by atoms with Crippen LogP contribution in [-0.2, 0) is 6.54 Å². The van der Waals surface area contributed by atoms with Gasteiger partial charge in [0, 0.05) is 12.2 Å². The Kier molecular flexibility index (Phi) is 4.08. The van der Waals surface area contributed by atoms with Crippen molar-refractivity contribution in [2.24, 2.45) is 0 Å². The van der Waals surface area contributed by atoms with E-state index in [-0.39, 0.29) is 16.2 Å². The molecule has 5 nitrogen and oxygen atoms in total. The van der Waals surface area contributed by atoms with E-state index >= 15 is 0 Å². The predicted molar refractivity (Wildman–Crippen MR) is 79.1 cm³/mol. The second-order valence-corrected chi connectivity index (χ2v) is 5.15. The van der Waals surface area contributed by atoms with Gasteiger partial charge >= 0.3 is 0 Å². The Morgan fingerprint density at radius 2 is 2.25 bits per heavy atom. The standard InChI is InChI=1S/C13H14BrFN4O/c1-3-19-12(10(16)6-17-19)13(20)18-11-5-8(14)9(15)4-7(11)2/h4-6H,3,16H2,1-2H3,(H,18,20). The van der Waals surface area contributed by atoms with Crippen LogP contribution < -0.4 is 11.1 Å². The predicted octanol–water partition coefficient (Wildman–Crippen LogP) is 2.95. The first-order valence-corrected chi connectivity index (χ1v) is 6.81. The number of aryl methyl sites for hydroxylation is 2. The van der Waals surface area contributed by atoms with Crippen LogP contribution in [0.4, 0.5) is 15.8 Å². The molecule has 0 radical (unpaired) electrons. The normalized spacial score (nSPS) is 10.6. The number of benzene rings is 1. The minimum atomic E-state index is -0.376. The lowest BCUT2D eigenvalue weighted by atomic mass is 10.2. The summed E-state index contributed by atoms with van der Waals surface area (Å²) >= 11 is 3.09. The van der Waals surface area contributed by atoms with E-state index in [2.05, 4.69) is 26.3 Å². The van der Waals surface area contributed by atoms with Gasteiger partial charge in [-0.3, -0.25) is 9.48 Å². The first kappa shape index (κ1) is 14.5. The minimum Gasteiger partial charge on any atom is -0.396 e. The van der Waals surface area contributed by atoms with Gasteiger partial charge in [-0.15, -0.1) is 0 Å². The molecular formula is C13H14BrFN4O. The fourth-order valence-electron chi connectivity index (χ4n) is 1.85. The monoisotopic (exact) mass is 340 g/mol. The lowest BCUT2D eigenvalue weighted by Gasteiger charge is -2.11. The van der Waals surface area contributed by atoms with Crippen molar-refractivity contribution in [1.29, 1.82) is 0 Å². The quantitative estimate of drug-likeness (QED) is 0.902. The van der Waals surface area contributed by atoms with Crippen molar-refractivity contribution >= 4 is 33.2 Å². The van der Waals surface area contributed by atoms with Crippen LogP contribution in [0.5, 0.6) is 0 Å². The smallest absolute Gasteiger partial charge is 0.276 e. The fourth-order valence-corrected chi connectivity index (χ4v) is 2.19. The van der Waals surface area contributed by atoms with Crippen molar-refractivity contribution in [3.63, 3.8) is 0 Å². The van der Waals surface area contributed by atoms with Crippen LogP contribution in [0.2, 0.25) is 0 Å². The van der Waals surface area contributed by atoms with E-state index in [1.165, 1.54) is 23.0 Å². The van der Waals surface area contributed by atoms with E-state index in [1.54, 1.807) is 6.92 Å². The lowest BCUT2D eigenvalue weighted by molar-refractivity contribution is 0.101. The average molecular weight is 341 g/mol. The van der Waals surface area contributed by atoms with Gasteiger partial charge in [0.15, 0.2) is 0 Å². The third-order valence-corrected chi connectivity index (χ3v) is 3.51. The highest BCUT2D eigenvalue weighted by Crippen LogP contribution is 2.25. The molecule has 0 bridgehead atoms. The molecule has 0 atom stereocenters. The zero-order valence-electron chi connectivity index (χ0n) is 11.1. The largest absolute Gasteiger partial charge is 0.396 e. The molecule has 20 heavy (non-hydrogen) atoms. The van der Waals surface area contributed by atoms with Crippen molar-refractivity contribution in [2.75, 3.05) is 11.1 Å². The van der Waals surface area contributed by atoms with Gasteiger partial charge in [-0.1, -0.05) is 0 Å². The van der Waals surface area contributed by atoms with Crippen LogP contribution >= 0.6 is 15.9 Å². The van der Waals surface area contributed by atoms with E-state index in [0.717, 1.165) is 0 Å². The molecule has 0 fully saturated rings. The van der Waals surface area contributed by atoms with E-state index < -0.39 is 0 Å². The first-order valence-electron chi connectivity index (χ1n) is 6.02. The first-order chi connectivity index (χ1) is 9.43. The Morgan fingerprint density at radius 1 is 1.55 bits per heavy atom. The Morgan fingerprint density at radius 3 is 2.90 bits per heavy atom. The molecule has 1 amide bonds. The summed E-state index contributed by atoms with van der Waals surface area (Å²) in [7, 11) is 0. The summed E-state index contributed by atoms with van der Waals surface area (Å²) in [6.07, 6.45) is 1.44. The number of anilines is 2. The van der Waals surface area contributed by atoms with Gasteiger partial charge in [0.2, 0.25) is 0 Å². The summed E-state index contributed by atoms with van der Waals surface area (Å²) in [6, 6.07) is 2.87. The molecule has 2 rings (SSSR count). The summed E-state index contributed by atoms with van der Waals surface area (Å²) in [5.74, 6) is -0.748. The Hall–Kier alpha value is -1.89. The number of carbonyl (C=O) groups excluding carboxylic acids is 1. The number of nitrogens with two attached hydrogens (primary N) is 1. The molecule has 2 aromatic rings. The molecule has 0 aliphatic carbocycles. The number of amides is 1. The molecule has 0 unspecified atom stereocenters. The molecule has 0 saturated heterocycles. The Labute approximate surface area is 124 Å². The number of rotatable bonds is 3. The Bertz CT molecular complexity index is 669. The molecule has 0 aliphatic rings. The molecule has 0 spiro atoms. The van der Waals surface area contributed by atoms with E-state index in [9.17, 15) is 9.18 Å². The van der Waals surface area contributed by atoms with Crippen LogP contribution in [0.15, 0.2) is 22.8 Å². The molecule has 3 N–H and O–H groups in total. The van der Waals surface area contributed by atoms with Crippen molar-refractivity contribution in [1.82, 2.24) is 9.78 Å². The van der Waals surface area contributed by atoms with Crippen LogP contribution in [-0.4, -0.2) is 15.7 Å². The lowest BCUT2D eigenvalue weighted by Crippen LogP contribution is -2.19. The topological polar surface area (TPSA) is 72.9 Å². The minimum absolute atomic E-state index is 0.287. The summed E-state index contributed by atoms with van der Waals surface area (Å²) < 4.78 is 15.2. The molecule has 1 aromatic heterocycles. The number of halogens is 2. The molecule has 0 saturated carbocycles. The zero-order valence-corrected chi connectivity index (χ0v) is 12.7. The van der Waals surface area contributed by atoms with Gasteiger partial charge in [-0.25, -0.2) is 4.39 Å². The molecule has 1 heterocycles.